The molecule has 0 aromatic heterocycles. The average Bonchev–Trinajstić information content (AvgIpc) is 3.08. The number of ether oxygens (including phenoxy) is 6. The summed E-state index contributed by atoms with van der Waals surface area (Å²) in [5.41, 5.74) is 0. The summed E-state index contributed by atoms with van der Waals surface area (Å²) >= 11 is 0. The first kappa shape index (κ1) is 23.3. The maximum absolute atomic E-state index is 12.3. The Balaban J connectivity index is 1.98. The topological polar surface area (TPSA) is 114 Å². The Morgan fingerprint density at radius 3 is 1.81 bits per heavy atom. The zero-order valence-electron chi connectivity index (χ0n) is 15.7. The van der Waals surface area contributed by atoms with E-state index in [1.807, 2.05) is 0 Å². The van der Waals surface area contributed by atoms with Gasteiger partial charge in [0.1, 0.15) is 52.3 Å². The van der Waals surface area contributed by atoms with Crippen LogP contribution in [0.15, 0.2) is 0 Å². The summed E-state index contributed by atoms with van der Waals surface area (Å²) in [7, 11) is 12.5. The van der Waals surface area contributed by atoms with Crippen LogP contribution in [0.1, 0.15) is 0 Å². The van der Waals surface area contributed by atoms with Crippen LogP contribution in [0, 0.1) is 0 Å². The first-order valence-corrected chi connectivity index (χ1v) is 9.77. The minimum Gasteiger partial charge on any atom is -0.756 e. The number of hydrogen-bond acceptors (Lipinski definition) is 10. The van der Waals surface area contributed by atoms with E-state index in [9.17, 15) is 9.46 Å². The van der Waals surface area contributed by atoms with Gasteiger partial charge in [0.15, 0.2) is 0 Å². The Labute approximate surface area is 161 Å². The highest BCUT2D eigenvalue weighted by Gasteiger charge is 2.46. The molecule has 13 heteroatoms. The molecule has 3 unspecified atom stereocenters. The summed E-state index contributed by atoms with van der Waals surface area (Å²) in [6.07, 6.45) is -4.47. The average molecular weight is 405 g/mol. The van der Waals surface area contributed by atoms with Gasteiger partial charge in [0, 0.05) is 40.4 Å². The van der Waals surface area contributed by atoms with Crippen LogP contribution in [0.5, 0.6) is 0 Å². The Bertz CT molecular complexity index is 514. The van der Waals surface area contributed by atoms with E-state index in [1.54, 1.807) is 0 Å². The van der Waals surface area contributed by atoms with Gasteiger partial charge in [-0.2, -0.15) is 0 Å². The minimum atomic E-state index is -4.76. The molecule has 9 atom stereocenters. The number of hydrogen-bond donors (Lipinski definition) is 0. The zero-order chi connectivity index (χ0) is 20.2. The first-order chi connectivity index (χ1) is 12.8. The fourth-order valence-electron chi connectivity index (χ4n) is 3.24. The van der Waals surface area contributed by atoms with Crippen molar-refractivity contribution >= 4 is 23.5 Å². The SMILES string of the molecule is [B][C@@H]1O[C@H](COP(=O)([O-])OC2[C@@H](COC)O[C@@H]([B])[C@H]2OC)C(OC)[C@@H]1OC. The molecule has 4 radical (unpaired) electrons. The van der Waals surface area contributed by atoms with Gasteiger partial charge in [-0.25, -0.2) is 0 Å². The second-order valence-electron chi connectivity index (χ2n) is 6.15. The number of phosphoric acid groups is 1. The summed E-state index contributed by atoms with van der Waals surface area (Å²) in [4.78, 5) is 12.3. The zero-order valence-corrected chi connectivity index (χ0v) is 16.6. The smallest absolute Gasteiger partial charge is 0.268 e. The van der Waals surface area contributed by atoms with Crippen LogP contribution in [0.3, 0.4) is 0 Å². The molecule has 2 heterocycles. The molecule has 0 N–H and O–H groups in total. The van der Waals surface area contributed by atoms with Crippen molar-refractivity contribution in [2.75, 3.05) is 41.7 Å². The molecule has 0 aliphatic carbocycles. The van der Waals surface area contributed by atoms with Crippen molar-refractivity contribution in [3.63, 3.8) is 0 Å². The van der Waals surface area contributed by atoms with Gasteiger partial charge in [-0.15, -0.1) is 0 Å². The Hall–Kier alpha value is -0.000130. The third-order valence-corrected chi connectivity index (χ3v) is 5.45. The van der Waals surface area contributed by atoms with Crippen LogP contribution in [-0.4, -0.2) is 106 Å². The van der Waals surface area contributed by atoms with Crippen molar-refractivity contribution in [1.82, 2.24) is 0 Å². The standard InChI is InChI=1S/C14H25B2O10P/c1-19-5-7-10(12(22-4)14(16)24-7)26-27(17,18)23-6-8-9(20-2)11(21-3)13(15)25-8/h7-14H,5-6H2,1-4H3,(H,17,18)/p-1/t7-,8-,9?,10?,11+,12+,13-,14-/m1/s1. The van der Waals surface area contributed by atoms with E-state index in [1.165, 1.54) is 28.4 Å². The van der Waals surface area contributed by atoms with E-state index in [0.29, 0.717) is 0 Å². The van der Waals surface area contributed by atoms with E-state index in [0.717, 1.165) is 0 Å². The van der Waals surface area contributed by atoms with E-state index in [-0.39, 0.29) is 13.2 Å². The highest BCUT2D eigenvalue weighted by molar-refractivity contribution is 7.45. The van der Waals surface area contributed by atoms with E-state index in [4.69, 9.17) is 53.2 Å². The quantitative estimate of drug-likeness (QED) is 0.309. The highest BCUT2D eigenvalue weighted by Crippen LogP contribution is 2.44. The first-order valence-electron chi connectivity index (χ1n) is 8.31. The van der Waals surface area contributed by atoms with Crippen molar-refractivity contribution in [1.29, 1.82) is 0 Å². The van der Waals surface area contributed by atoms with Gasteiger partial charge in [-0.3, -0.25) is 4.57 Å². The van der Waals surface area contributed by atoms with Gasteiger partial charge in [-0.05, 0) is 0 Å². The maximum Gasteiger partial charge on any atom is 0.268 e. The van der Waals surface area contributed by atoms with Crippen molar-refractivity contribution in [3.05, 3.63) is 0 Å². The Kier molecular flexibility index (Phi) is 8.76. The molecule has 2 saturated heterocycles. The van der Waals surface area contributed by atoms with Crippen molar-refractivity contribution in [3.8, 4) is 0 Å². The van der Waals surface area contributed by atoms with Crippen LogP contribution in [-0.2, 0) is 42.0 Å². The molecule has 2 aliphatic heterocycles. The molecule has 152 valence electrons. The van der Waals surface area contributed by atoms with Gasteiger partial charge in [-0.1, -0.05) is 0 Å². The number of phosphoric ester groups is 1. The fraction of sp³-hybridized carbons (Fsp3) is 1.00. The van der Waals surface area contributed by atoms with Crippen LogP contribution >= 0.6 is 7.82 Å². The fourth-order valence-corrected chi connectivity index (χ4v) is 4.18. The van der Waals surface area contributed by atoms with E-state index in [2.05, 4.69) is 0 Å². The molecular formula is C14H24B2O10P-. The predicted octanol–water partition coefficient (Wildman–Crippen LogP) is -1.67. The second kappa shape index (κ2) is 10.2. The third-order valence-electron chi connectivity index (χ3n) is 4.49. The molecule has 27 heavy (non-hydrogen) atoms. The Morgan fingerprint density at radius 2 is 1.33 bits per heavy atom. The second-order valence-corrected chi connectivity index (χ2v) is 7.51. The molecule has 0 aromatic carbocycles. The summed E-state index contributed by atoms with van der Waals surface area (Å²) in [5, 5.41) is 0. The number of rotatable bonds is 10. The number of methoxy groups -OCH3 is 4. The van der Waals surface area contributed by atoms with Gasteiger partial charge < -0.3 is 42.4 Å². The van der Waals surface area contributed by atoms with Gasteiger partial charge in [0.25, 0.3) is 7.82 Å². The molecule has 2 fully saturated rings. The molecule has 2 rings (SSSR count). The lowest BCUT2D eigenvalue weighted by Crippen LogP contribution is -2.40. The van der Waals surface area contributed by atoms with Crippen molar-refractivity contribution < 1.29 is 46.9 Å². The maximum atomic E-state index is 12.3. The lowest BCUT2D eigenvalue weighted by Gasteiger charge is -2.31. The monoisotopic (exact) mass is 405 g/mol. The molecule has 0 bridgehead atoms. The summed E-state index contributed by atoms with van der Waals surface area (Å²) in [6.45, 7) is -0.293. The van der Waals surface area contributed by atoms with Crippen molar-refractivity contribution in [2.45, 2.75) is 48.6 Å². The Morgan fingerprint density at radius 1 is 0.852 bits per heavy atom. The van der Waals surface area contributed by atoms with Crippen LogP contribution in [0.2, 0.25) is 0 Å². The molecule has 10 nitrogen and oxygen atoms in total. The van der Waals surface area contributed by atoms with Crippen LogP contribution in [0.4, 0.5) is 0 Å². The normalized spacial score (nSPS) is 41.7. The molecule has 0 saturated carbocycles. The largest absolute Gasteiger partial charge is 0.756 e. The molecular weight excluding hydrogens is 381 g/mol. The third kappa shape index (κ3) is 5.54. The highest BCUT2D eigenvalue weighted by atomic mass is 31.2. The van der Waals surface area contributed by atoms with Crippen molar-refractivity contribution in [2.24, 2.45) is 0 Å². The summed E-state index contributed by atoms with van der Waals surface area (Å²) in [5.74, 6) is 0. The van der Waals surface area contributed by atoms with Crippen LogP contribution in [0.25, 0.3) is 0 Å². The summed E-state index contributed by atoms with van der Waals surface area (Å²) in [6, 6.07) is -1.64. The molecule has 2 aliphatic rings. The summed E-state index contributed by atoms with van der Waals surface area (Å²) < 4.78 is 54.0. The molecule has 0 amide bonds. The molecule has 0 aromatic rings. The lowest BCUT2D eigenvalue weighted by atomic mass is 9.93. The van der Waals surface area contributed by atoms with Gasteiger partial charge in [0.05, 0.1) is 13.2 Å². The molecule has 0 spiro atoms. The van der Waals surface area contributed by atoms with E-state index < -0.39 is 56.5 Å². The van der Waals surface area contributed by atoms with Gasteiger partial charge in [0.2, 0.25) is 0 Å². The van der Waals surface area contributed by atoms with E-state index >= 15 is 0 Å². The lowest BCUT2D eigenvalue weighted by molar-refractivity contribution is -0.236. The minimum absolute atomic E-state index is 0.0695. The predicted molar refractivity (Wildman–Crippen MR) is 91.5 cm³/mol. The van der Waals surface area contributed by atoms with Gasteiger partial charge >= 0.3 is 0 Å². The van der Waals surface area contributed by atoms with Crippen LogP contribution < -0.4 is 4.89 Å².